The Morgan fingerprint density at radius 1 is 1.19 bits per heavy atom. The Labute approximate surface area is 314 Å². The SMILES string of the molecule is CC(O)c1nc2c(F)c(-c3cccc(Cl)c3Cl)c(CCC#N)cc2c2c1cc(C1C(F)C(Oc3ccccn3)CN1C(=O)C1CC1)n2C1C2CNC1C2. The third kappa shape index (κ3) is 5.56. The lowest BCUT2D eigenvalue weighted by Gasteiger charge is -2.39. The second-order valence-corrected chi connectivity index (χ2v) is 15.5. The minimum atomic E-state index is -1.62. The maximum absolute atomic E-state index is 17.3. The second-order valence-electron chi connectivity index (χ2n) is 14.7. The summed E-state index contributed by atoms with van der Waals surface area (Å²) in [7, 11) is 0. The first-order valence-electron chi connectivity index (χ1n) is 18.1. The summed E-state index contributed by atoms with van der Waals surface area (Å²) in [5.74, 6) is -0.479. The summed E-state index contributed by atoms with van der Waals surface area (Å²) in [4.78, 5) is 24.6. The number of aliphatic hydroxyl groups is 1. The van der Waals surface area contributed by atoms with Gasteiger partial charge >= 0.3 is 0 Å². The van der Waals surface area contributed by atoms with Gasteiger partial charge in [0.1, 0.15) is 11.6 Å². The molecule has 10 rings (SSSR count). The molecule has 7 unspecified atom stereocenters. The molecule has 53 heavy (non-hydrogen) atoms. The van der Waals surface area contributed by atoms with Gasteiger partial charge in [-0.1, -0.05) is 41.4 Å². The molecule has 3 aromatic heterocycles. The summed E-state index contributed by atoms with van der Waals surface area (Å²) in [5, 5.41) is 25.9. The van der Waals surface area contributed by atoms with Crippen molar-refractivity contribution in [2.75, 3.05) is 13.1 Å². The smallest absolute Gasteiger partial charge is 0.226 e. The number of carbonyl (C=O) groups is 1. The van der Waals surface area contributed by atoms with Crippen LogP contribution < -0.4 is 10.1 Å². The van der Waals surface area contributed by atoms with Crippen LogP contribution in [0.1, 0.15) is 67.7 Å². The van der Waals surface area contributed by atoms with Crippen molar-refractivity contribution in [3.05, 3.63) is 87.5 Å². The van der Waals surface area contributed by atoms with E-state index >= 15 is 8.78 Å². The molecule has 3 saturated heterocycles. The highest BCUT2D eigenvalue weighted by Gasteiger charge is 2.54. The first-order valence-corrected chi connectivity index (χ1v) is 18.9. The summed E-state index contributed by atoms with van der Waals surface area (Å²) in [5.41, 5.74) is 2.48. The van der Waals surface area contributed by atoms with E-state index in [4.69, 9.17) is 32.9 Å². The summed E-state index contributed by atoms with van der Waals surface area (Å²) in [6, 6.07) is 15.0. The van der Waals surface area contributed by atoms with Gasteiger partial charge < -0.3 is 24.6 Å². The van der Waals surface area contributed by atoms with Gasteiger partial charge in [0.15, 0.2) is 18.1 Å². The van der Waals surface area contributed by atoms with Gasteiger partial charge in [-0.25, -0.2) is 18.7 Å². The molecule has 2 bridgehead atoms. The normalized spacial score (nSPS) is 25.5. The largest absolute Gasteiger partial charge is 0.469 e. The maximum Gasteiger partial charge on any atom is 0.226 e. The Morgan fingerprint density at radius 2 is 2.02 bits per heavy atom. The van der Waals surface area contributed by atoms with E-state index in [1.165, 1.54) is 0 Å². The molecule has 2 N–H and O–H groups in total. The lowest BCUT2D eigenvalue weighted by Crippen LogP contribution is -2.41. The third-order valence-electron chi connectivity index (χ3n) is 11.5. The zero-order valence-electron chi connectivity index (χ0n) is 28.8. The molecule has 272 valence electrons. The fourth-order valence-corrected chi connectivity index (χ4v) is 9.23. The Morgan fingerprint density at radius 3 is 2.70 bits per heavy atom. The lowest BCUT2D eigenvalue weighted by molar-refractivity contribution is -0.134. The molecule has 9 nitrogen and oxygen atoms in total. The first kappa shape index (κ1) is 34.4. The minimum Gasteiger partial charge on any atom is -0.469 e. The standard InChI is InChI=1S/C40H36Cl2F2N6O3/c1-19(51)35-25-16-28(39-33(43)29(53-30-9-2-3-13-46-30)18-49(39)40(52)20-10-11-20)50(37-22-15-27(37)47-17-22)38(25)24-14-21(6-5-12-45)31(34(44)36(24)48-35)23-7-4-8-26(41)32(23)42/h2-4,7-9,13-14,16,19-20,22,27,29,33,37,39,47,51H,5-6,10-11,15,17-18H2,1H3. The van der Waals surface area contributed by atoms with Gasteiger partial charge in [-0.2, -0.15) is 5.26 Å². The zero-order chi connectivity index (χ0) is 36.7. The fraction of sp³-hybridized carbons (Fsp3) is 0.400. The molecule has 2 aromatic carbocycles. The number of pyridine rings is 2. The molecule has 13 heteroatoms. The number of ether oxygens (including phenoxy) is 1. The van der Waals surface area contributed by atoms with Crippen LogP contribution >= 0.6 is 23.2 Å². The third-order valence-corrected chi connectivity index (χ3v) is 12.3. The highest BCUT2D eigenvalue weighted by Crippen LogP contribution is 2.52. The molecule has 5 aliphatic rings. The van der Waals surface area contributed by atoms with Gasteiger partial charge in [-0.3, -0.25) is 4.79 Å². The van der Waals surface area contributed by atoms with Crippen molar-refractivity contribution in [2.45, 2.75) is 75.5 Å². The van der Waals surface area contributed by atoms with Gasteiger partial charge in [0, 0.05) is 64.8 Å². The average Bonchev–Trinajstić information content (AvgIpc) is 3.40. The molecule has 6 heterocycles. The minimum absolute atomic E-state index is 0.0103. The van der Waals surface area contributed by atoms with Gasteiger partial charge in [0.2, 0.25) is 11.8 Å². The van der Waals surface area contributed by atoms with Crippen LogP contribution in [0, 0.1) is 29.0 Å². The highest BCUT2D eigenvalue weighted by atomic mass is 35.5. The molecule has 5 aromatic rings. The van der Waals surface area contributed by atoms with E-state index in [0.717, 1.165) is 25.8 Å². The molecule has 0 spiro atoms. The summed E-state index contributed by atoms with van der Waals surface area (Å²) in [6.45, 7) is 2.37. The van der Waals surface area contributed by atoms with Crippen molar-refractivity contribution in [1.29, 1.82) is 5.26 Å². The number of fused-ring (bicyclic) bond motifs is 4. The number of carbonyl (C=O) groups excluding carboxylic acids is 1. The van der Waals surface area contributed by atoms with Crippen molar-refractivity contribution in [3.63, 3.8) is 0 Å². The van der Waals surface area contributed by atoms with E-state index in [2.05, 4.69) is 20.9 Å². The number of alkyl halides is 1. The van der Waals surface area contributed by atoms with Crippen molar-refractivity contribution in [2.24, 2.45) is 11.8 Å². The molecule has 2 aliphatic carbocycles. The fourth-order valence-electron chi connectivity index (χ4n) is 8.83. The Hall–Kier alpha value is -4.34. The quantitative estimate of drug-likeness (QED) is 0.158. The number of aliphatic hydroxyl groups excluding tert-OH is 1. The highest BCUT2D eigenvalue weighted by molar-refractivity contribution is 6.43. The van der Waals surface area contributed by atoms with E-state index in [0.29, 0.717) is 33.1 Å². The van der Waals surface area contributed by atoms with E-state index < -0.39 is 30.2 Å². The summed E-state index contributed by atoms with van der Waals surface area (Å²) >= 11 is 13.1. The van der Waals surface area contributed by atoms with Crippen molar-refractivity contribution < 1.29 is 23.4 Å². The van der Waals surface area contributed by atoms with Crippen LogP contribution in [-0.4, -0.2) is 61.9 Å². The Kier molecular flexibility index (Phi) is 8.58. The first-order chi connectivity index (χ1) is 25.7. The van der Waals surface area contributed by atoms with E-state index in [9.17, 15) is 15.2 Å². The number of nitrogens with zero attached hydrogens (tertiary/aromatic N) is 5. The molecule has 1 amide bonds. The van der Waals surface area contributed by atoms with Crippen molar-refractivity contribution in [3.8, 4) is 23.1 Å². The summed E-state index contributed by atoms with van der Waals surface area (Å²) in [6.07, 6.45) is 0.601. The van der Waals surface area contributed by atoms with Gasteiger partial charge in [-0.15, -0.1) is 0 Å². The van der Waals surface area contributed by atoms with Crippen molar-refractivity contribution >= 4 is 50.9 Å². The Balaban J connectivity index is 1.32. The molecular formula is C40H36Cl2F2N6O3. The number of hydrogen-bond donors (Lipinski definition) is 2. The second kappa shape index (κ2) is 13.2. The van der Waals surface area contributed by atoms with Crippen LogP contribution in [0.3, 0.4) is 0 Å². The van der Waals surface area contributed by atoms with Gasteiger partial charge in [0.25, 0.3) is 0 Å². The van der Waals surface area contributed by atoms with Crippen LogP contribution in [0.25, 0.3) is 32.9 Å². The monoisotopic (exact) mass is 756 g/mol. The van der Waals surface area contributed by atoms with E-state index in [1.807, 2.05) is 12.1 Å². The number of aryl methyl sites for hydroxylation is 1. The van der Waals surface area contributed by atoms with Crippen LogP contribution in [0.5, 0.6) is 5.88 Å². The lowest BCUT2D eigenvalue weighted by atomic mass is 9.79. The van der Waals surface area contributed by atoms with Gasteiger partial charge in [-0.05, 0) is 68.4 Å². The molecule has 3 aliphatic heterocycles. The average molecular weight is 758 g/mol. The topological polar surface area (TPSA) is 116 Å². The number of nitriles is 1. The zero-order valence-corrected chi connectivity index (χ0v) is 30.3. The van der Waals surface area contributed by atoms with Crippen LogP contribution in [0.4, 0.5) is 8.78 Å². The number of nitrogens with one attached hydrogen (secondary N) is 1. The Bertz CT molecular complexity index is 2310. The predicted molar refractivity (Wildman–Crippen MR) is 197 cm³/mol. The molecule has 5 fully saturated rings. The summed E-state index contributed by atoms with van der Waals surface area (Å²) < 4.78 is 42.8. The van der Waals surface area contributed by atoms with Crippen LogP contribution in [0.15, 0.2) is 54.7 Å². The number of amides is 1. The van der Waals surface area contributed by atoms with Crippen LogP contribution in [-0.2, 0) is 11.2 Å². The van der Waals surface area contributed by atoms with E-state index in [-0.39, 0.29) is 81.9 Å². The molecular weight excluding hydrogens is 721 g/mol. The number of hydrogen-bond acceptors (Lipinski definition) is 7. The van der Waals surface area contributed by atoms with Gasteiger partial charge in [0.05, 0.1) is 46.0 Å². The predicted octanol–water partition coefficient (Wildman–Crippen LogP) is 7.82. The van der Waals surface area contributed by atoms with Crippen molar-refractivity contribution in [1.82, 2.24) is 24.8 Å². The molecule has 2 saturated carbocycles. The number of halogens is 4. The number of benzene rings is 2. The maximum atomic E-state index is 17.3. The molecule has 7 atom stereocenters. The van der Waals surface area contributed by atoms with Crippen LogP contribution in [0.2, 0.25) is 10.0 Å². The number of likely N-dealkylation sites (tertiary alicyclic amines) is 1. The number of rotatable bonds is 9. The number of aromatic nitrogens is 3. The van der Waals surface area contributed by atoms with E-state index in [1.54, 1.807) is 54.4 Å². The molecule has 0 radical (unpaired) electrons.